The summed E-state index contributed by atoms with van der Waals surface area (Å²) in [5, 5.41) is 4.91. The largest absolute Gasteiger partial charge is 0.317 e. The number of nitrogens with zero attached hydrogens (tertiary/aromatic N) is 1. The van der Waals surface area contributed by atoms with E-state index < -0.39 is 0 Å². The molecule has 4 heteroatoms. The van der Waals surface area contributed by atoms with E-state index in [1.807, 2.05) is 0 Å². The molecule has 1 spiro atoms. The fraction of sp³-hybridized carbons (Fsp3) is 0.889. The molecule has 0 aromatic carbocycles. The van der Waals surface area contributed by atoms with Crippen LogP contribution in [0, 0.1) is 0 Å². The quantitative estimate of drug-likeness (QED) is 0.637. The maximum Gasteiger partial charge on any atom is 0.246 e. The Labute approximate surface area is 78.2 Å². The van der Waals surface area contributed by atoms with Crippen LogP contribution in [0.5, 0.6) is 0 Å². The second-order valence-corrected chi connectivity index (χ2v) is 3.85. The van der Waals surface area contributed by atoms with Gasteiger partial charge in [-0.05, 0) is 32.4 Å². The van der Waals surface area contributed by atoms with E-state index in [0.29, 0.717) is 6.42 Å². The van der Waals surface area contributed by atoms with Crippen molar-refractivity contribution < 1.29 is 9.63 Å². The first-order chi connectivity index (χ1) is 6.28. The van der Waals surface area contributed by atoms with E-state index in [-0.39, 0.29) is 11.4 Å². The molecule has 0 aromatic rings. The minimum Gasteiger partial charge on any atom is -0.317 e. The van der Waals surface area contributed by atoms with Crippen LogP contribution in [0.4, 0.5) is 0 Å². The predicted molar refractivity (Wildman–Crippen MR) is 47.9 cm³/mol. The number of hydrogen-bond acceptors (Lipinski definition) is 3. The number of hydroxylamine groups is 2. The number of nitrogens with one attached hydrogen (secondary N) is 1. The molecule has 1 amide bonds. The highest BCUT2D eigenvalue weighted by Crippen LogP contribution is 2.37. The van der Waals surface area contributed by atoms with Gasteiger partial charge in [0.1, 0.15) is 0 Å². The molecule has 2 fully saturated rings. The summed E-state index contributed by atoms with van der Waals surface area (Å²) in [6, 6.07) is 0. The lowest BCUT2D eigenvalue weighted by Crippen LogP contribution is -2.51. The molecule has 0 atom stereocenters. The van der Waals surface area contributed by atoms with E-state index in [4.69, 9.17) is 4.84 Å². The number of amides is 1. The lowest BCUT2D eigenvalue weighted by molar-refractivity contribution is -0.199. The van der Waals surface area contributed by atoms with Crippen LogP contribution in [-0.4, -0.2) is 36.7 Å². The molecule has 2 rings (SSSR count). The van der Waals surface area contributed by atoms with E-state index in [1.54, 1.807) is 12.2 Å². The minimum atomic E-state index is 0.0110. The van der Waals surface area contributed by atoms with Gasteiger partial charge in [-0.1, -0.05) is 0 Å². The normalized spacial score (nSPS) is 27.2. The molecule has 0 radical (unpaired) electrons. The second kappa shape index (κ2) is 3.27. The van der Waals surface area contributed by atoms with E-state index in [1.165, 1.54) is 0 Å². The van der Waals surface area contributed by atoms with Crippen molar-refractivity contribution in [2.75, 3.05) is 20.2 Å². The zero-order chi connectivity index (χ0) is 9.31. The lowest BCUT2D eigenvalue weighted by atomic mass is 9.87. The molecule has 2 aliphatic heterocycles. The van der Waals surface area contributed by atoms with Gasteiger partial charge < -0.3 is 5.32 Å². The van der Waals surface area contributed by atoms with Gasteiger partial charge in [0, 0.05) is 6.42 Å². The minimum absolute atomic E-state index is 0.0110. The van der Waals surface area contributed by atoms with Crippen LogP contribution in [0.2, 0.25) is 0 Å². The first-order valence-electron chi connectivity index (χ1n) is 4.86. The average molecular weight is 184 g/mol. The van der Waals surface area contributed by atoms with Crippen LogP contribution >= 0.6 is 0 Å². The molecule has 2 aliphatic rings. The molecule has 4 nitrogen and oxygen atoms in total. The third-order valence-electron chi connectivity index (χ3n) is 3.18. The fourth-order valence-corrected chi connectivity index (χ4v) is 2.45. The molecular weight excluding hydrogens is 168 g/mol. The third-order valence-corrected chi connectivity index (χ3v) is 3.18. The van der Waals surface area contributed by atoms with Crippen LogP contribution in [0.3, 0.4) is 0 Å². The Bertz CT molecular complexity index is 212. The van der Waals surface area contributed by atoms with E-state index in [2.05, 4.69) is 5.32 Å². The Kier molecular flexibility index (Phi) is 2.26. The number of hydrogen-bond donors (Lipinski definition) is 1. The zero-order valence-corrected chi connectivity index (χ0v) is 8.01. The monoisotopic (exact) mass is 184 g/mol. The third kappa shape index (κ3) is 1.34. The maximum absolute atomic E-state index is 11.5. The van der Waals surface area contributed by atoms with Crippen molar-refractivity contribution in [3.05, 3.63) is 0 Å². The van der Waals surface area contributed by atoms with Gasteiger partial charge >= 0.3 is 0 Å². The molecule has 0 bridgehead atoms. The molecule has 0 unspecified atom stereocenters. The van der Waals surface area contributed by atoms with Crippen molar-refractivity contribution in [1.82, 2.24) is 10.4 Å². The molecule has 2 saturated heterocycles. The van der Waals surface area contributed by atoms with Crippen molar-refractivity contribution in [2.24, 2.45) is 0 Å². The van der Waals surface area contributed by atoms with Gasteiger partial charge in [-0.3, -0.25) is 9.63 Å². The number of carbonyl (C=O) groups excluding carboxylic acids is 1. The predicted octanol–water partition coefficient (Wildman–Crippen LogP) is 0.292. The van der Waals surface area contributed by atoms with Gasteiger partial charge in [0.05, 0.1) is 12.6 Å². The summed E-state index contributed by atoms with van der Waals surface area (Å²) >= 11 is 0. The van der Waals surface area contributed by atoms with Crippen molar-refractivity contribution >= 4 is 5.91 Å². The number of rotatable bonds is 1. The van der Waals surface area contributed by atoms with Gasteiger partial charge in [0.2, 0.25) is 5.91 Å². The Morgan fingerprint density at radius 1 is 1.38 bits per heavy atom. The van der Waals surface area contributed by atoms with Crippen molar-refractivity contribution in [2.45, 2.75) is 31.2 Å². The highest BCUT2D eigenvalue weighted by Gasteiger charge is 2.46. The Morgan fingerprint density at radius 3 is 2.69 bits per heavy atom. The summed E-state index contributed by atoms with van der Waals surface area (Å²) in [5.41, 5.74) is 0.0110. The summed E-state index contributed by atoms with van der Waals surface area (Å²) < 4.78 is 0. The number of carbonyl (C=O) groups is 1. The van der Waals surface area contributed by atoms with E-state index in [9.17, 15) is 4.79 Å². The van der Waals surface area contributed by atoms with E-state index >= 15 is 0 Å². The summed E-state index contributed by atoms with van der Waals surface area (Å²) in [6.45, 7) is 1.99. The average Bonchev–Trinajstić information content (AvgIpc) is 2.45. The molecule has 0 saturated carbocycles. The zero-order valence-electron chi connectivity index (χ0n) is 8.01. The van der Waals surface area contributed by atoms with Gasteiger partial charge in [0.25, 0.3) is 0 Å². The number of piperidine rings is 1. The smallest absolute Gasteiger partial charge is 0.246 e. The van der Waals surface area contributed by atoms with Crippen molar-refractivity contribution in [1.29, 1.82) is 0 Å². The topological polar surface area (TPSA) is 41.6 Å². The first kappa shape index (κ1) is 8.97. The van der Waals surface area contributed by atoms with Crippen LogP contribution in [0.1, 0.15) is 25.7 Å². The Morgan fingerprint density at radius 2 is 2.08 bits per heavy atom. The summed E-state index contributed by atoms with van der Waals surface area (Å²) in [5.74, 6) is 0.143. The summed E-state index contributed by atoms with van der Waals surface area (Å²) in [4.78, 5) is 16.6. The molecule has 0 aliphatic carbocycles. The fourth-order valence-electron chi connectivity index (χ4n) is 2.45. The summed E-state index contributed by atoms with van der Waals surface area (Å²) in [6.07, 6.45) is 3.65. The molecular formula is C9H16N2O2. The van der Waals surface area contributed by atoms with Crippen LogP contribution in [0.15, 0.2) is 0 Å². The van der Waals surface area contributed by atoms with Gasteiger partial charge in [-0.15, -0.1) is 0 Å². The molecule has 0 aromatic heterocycles. The highest BCUT2D eigenvalue weighted by molar-refractivity contribution is 5.78. The van der Waals surface area contributed by atoms with Crippen LogP contribution in [0.25, 0.3) is 0 Å². The lowest BCUT2D eigenvalue weighted by Gasteiger charge is -2.39. The standard InChI is InChI=1S/C9H16N2O2/c1-13-11-8(12)2-3-9(11)4-6-10-7-5-9/h10H,2-7H2,1H3. The van der Waals surface area contributed by atoms with Gasteiger partial charge in [-0.2, -0.15) is 0 Å². The van der Waals surface area contributed by atoms with Gasteiger partial charge in [-0.25, -0.2) is 5.06 Å². The molecule has 13 heavy (non-hydrogen) atoms. The molecule has 1 N–H and O–H groups in total. The Hall–Kier alpha value is -0.610. The van der Waals surface area contributed by atoms with Crippen molar-refractivity contribution in [3.8, 4) is 0 Å². The maximum atomic E-state index is 11.5. The van der Waals surface area contributed by atoms with Crippen molar-refractivity contribution in [3.63, 3.8) is 0 Å². The molecule has 2 heterocycles. The first-order valence-corrected chi connectivity index (χ1v) is 4.86. The van der Waals surface area contributed by atoms with Crippen LogP contribution < -0.4 is 5.32 Å². The SMILES string of the molecule is CON1C(=O)CCC12CCNCC2. The highest BCUT2D eigenvalue weighted by atomic mass is 16.7. The van der Waals surface area contributed by atoms with Crippen LogP contribution in [-0.2, 0) is 9.63 Å². The Balaban J connectivity index is 2.15. The second-order valence-electron chi connectivity index (χ2n) is 3.85. The van der Waals surface area contributed by atoms with E-state index in [0.717, 1.165) is 32.4 Å². The van der Waals surface area contributed by atoms with Gasteiger partial charge in [0.15, 0.2) is 0 Å². The summed E-state index contributed by atoms with van der Waals surface area (Å²) in [7, 11) is 1.59. The molecule has 74 valence electrons.